The van der Waals surface area contributed by atoms with Crippen molar-refractivity contribution in [1.82, 2.24) is 4.98 Å². The van der Waals surface area contributed by atoms with Gasteiger partial charge in [-0.2, -0.15) is 0 Å². The molecular weight excluding hydrogens is 314 g/mol. The quantitative estimate of drug-likeness (QED) is 0.832. The zero-order valence-corrected chi connectivity index (χ0v) is 11.5. The molecule has 0 spiro atoms. The molecular formula is C12H6Cl3FN2O. The minimum atomic E-state index is -0.631. The summed E-state index contributed by atoms with van der Waals surface area (Å²) in [5, 5.41) is 2.87. The van der Waals surface area contributed by atoms with Crippen molar-refractivity contribution in [1.29, 1.82) is 0 Å². The number of nitrogens with one attached hydrogen (secondary N) is 1. The van der Waals surface area contributed by atoms with E-state index >= 15 is 0 Å². The van der Waals surface area contributed by atoms with E-state index in [9.17, 15) is 9.18 Å². The van der Waals surface area contributed by atoms with Crippen molar-refractivity contribution in [3.05, 3.63) is 57.0 Å². The molecule has 98 valence electrons. The van der Waals surface area contributed by atoms with E-state index in [-0.39, 0.29) is 26.4 Å². The number of hydrogen-bond donors (Lipinski definition) is 1. The van der Waals surface area contributed by atoms with Gasteiger partial charge in [-0.05, 0) is 24.3 Å². The molecule has 7 heteroatoms. The van der Waals surface area contributed by atoms with Crippen LogP contribution in [0.4, 0.5) is 10.1 Å². The fraction of sp³-hybridized carbons (Fsp3) is 0. The molecule has 1 heterocycles. The average Bonchev–Trinajstić information content (AvgIpc) is 2.36. The first kappa shape index (κ1) is 14.1. The summed E-state index contributed by atoms with van der Waals surface area (Å²) in [5.41, 5.74) is 0.184. The number of nitrogens with zero attached hydrogens (tertiary/aromatic N) is 1. The van der Waals surface area contributed by atoms with Gasteiger partial charge in [-0.1, -0.05) is 34.8 Å². The van der Waals surface area contributed by atoms with Crippen LogP contribution in [0.1, 0.15) is 10.4 Å². The zero-order chi connectivity index (χ0) is 14.0. The lowest BCUT2D eigenvalue weighted by atomic mass is 10.2. The molecule has 0 radical (unpaired) electrons. The number of anilines is 1. The highest BCUT2D eigenvalue weighted by Crippen LogP contribution is 2.22. The Kier molecular flexibility index (Phi) is 4.24. The first-order valence-corrected chi connectivity index (χ1v) is 6.18. The monoisotopic (exact) mass is 318 g/mol. The van der Waals surface area contributed by atoms with Crippen molar-refractivity contribution < 1.29 is 9.18 Å². The van der Waals surface area contributed by atoms with Crippen molar-refractivity contribution in [2.45, 2.75) is 0 Å². The van der Waals surface area contributed by atoms with E-state index in [1.54, 1.807) is 0 Å². The summed E-state index contributed by atoms with van der Waals surface area (Å²) in [7, 11) is 0. The van der Waals surface area contributed by atoms with Gasteiger partial charge in [-0.15, -0.1) is 0 Å². The van der Waals surface area contributed by atoms with Crippen LogP contribution in [-0.2, 0) is 0 Å². The lowest BCUT2D eigenvalue weighted by Gasteiger charge is -2.07. The van der Waals surface area contributed by atoms with Crippen LogP contribution in [0.2, 0.25) is 15.2 Å². The molecule has 0 unspecified atom stereocenters. The number of carbonyl (C=O) groups is 1. The second-order valence-corrected chi connectivity index (χ2v) is 4.78. The van der Waals surface area contributed by atoms with Crippen molar-refractivity contribution in [3.63, 3.8) is 0 Å². The van der Waals surface area contributed by atoms with Crippen LogP contribution < -0.4 is 5.32 Å². The molecule has 0 bridgehead atoms. The predicted molar refractivity (Wildman–Crippen MR) is 73.6 cm³/mol. The molecule has 0 saturated heterocycles. The molecule has 1 aromatic carbocycles. The summed E-state index contributed by atoms with van der Waals surface area (Å²) >= 11 is 17.0. The number of rotatable bonds is 2. The van der Waals surface area contributed by atoms with Gasteiger partial charge in [0.1, 0.15) is 11.0 Å². The molecule has 3 nitrogen and oxygen atoms in total. The van der Waals surface area contributed by atoms with E-state index in [1.165, 1.54) is 24.4 Å². The Hall–Kier alpha value is -1.36. The highest BCUT2D eigenvalue weighted by Gasteiger charge is 2.11. The van der Waals surface area contributed by atoms with E-state index in [0.29, 0.717) is 0 Å². The van der Waals surface area contributed by atoms with E-state index in [0.717, 1.165) is 6.07 Å². The van der Waals surface area contributed by atoms with Gasteiger partial charge in [0.2, 0.25) is 0 Å². The third-order valence-electron chi connectivity index (χ3n) is 2.24. The normalized spacial score (nSPS) is 10.3. The van der Waals surface area contributed by atoms with Gasteiger partial charge in [0.25, 0.3) is 5.91 Å². The smallest absolute Gasteiger partial charge is 0.257 e. The molecule has 1 amide bonds. The van der Waals surface area contributed by atoms with Gasteiger partial charge < -0.3 is 5.32 Å². The lowest BCUT2D eigenvalue weighted by molar-refractivity contribution is 0.102. The SMILES string of the molecule is O=C(Nc1ccc(Cl)cc1F)c1cnc(Cl)c(Cl)c1. The maximum absolute atomic E-state index is 13.5. The maximum atomic E-state index is 13.5. The van der Waals surface area contributed by atoms with Crippen LogP contribution in [0.3, 0.4) is 0 Å². The van der Waals surface area contributed by atoms with E-state index in [1.807, 2.05) is 0 Å². The summed E-state index contributed by atoms with van der Waals surface area (Å²) in [6.07, 6.45) is 1.25. The number of carbonyl (C=O) groups excluding carboxylic acids is 1. The fourth-order valence-corrected chi connectivity index (χ4v) is 1.76. The maximum Gasteiger partial charge on any atom is 0.257 e. The molecule has 2 rings (SSSR count). The van der Waals surface area contributed by atoms with Crippen molar-refractivity contribution in [3.8, 4) is 0 Å². The van der Waals surface area contributed by atoms with E-state index in [4.69, 9.17) is 34.8 Å². The summed E-state index contributed by atoms with van der Waals surface area (Å²) in [5.74, 6) is -1.18. The number of aromatic nitrogens is 1. The average molecular weight is 320 g/mol. The number of benzene rings is 1. The largest absolute Gasteiger partial charge is 0.319 e. The Balaban J connectivity index is 2.23. The van der Waals surface area contributed by atoms with Gasteiger partial charge >= 0.3 is 0 Å². The van der Waals surface area contributed by atoms with Crippen LogP contribution in [-0.4, -0.2) is 10.9 Å². The molecule has 0 aliphatic rings. The zero-order valence-electron chi connectivity index (χ0n) is 9.25. The van der Waals surface area contributed by atoms with Crippen molar-refractivity contribution in [2.24, 2.45) is 0 Å². The molecule has 0 aliphatic carbocycles. The van der Waals surface area contributed by atoms with Gasteiger partial charge in [0.05, 0.1) is 16.3 Å². The first-order chi connectivity index (χ1) is 8.97. The van der Waals surface area contributed by atoms with Crippen molar-refractivity contribution in [2.75, 3.05) is 5.32 Å². The molecule has 1 aromatic heterocycles. The second kappa shape index (κ2) is 5.74. The standard InChI is InChI=1S/C12H6Cl3FN2O/c13-7-1-2-10(9(16)4-7)18-12(19)6-3-8(14)11(15)17-5-6/h1-5H,(H,18,19). The molecule has 1 N–H and O–H groups in total. The van der Waals surface area contributed by atoms with Crippen LogP contribution in [0.15, 0.2) is 30.5 Å². The minimum Gasteiger partial charge on any atom is -0.319 e. The highest BCUT2D eigenvalue weighted by atomic mass is 35.5. The molecule has 0 atom stereocenters. The first-order valence-electron chi connectivity index (χ1n) is 5.05. The van der Waals surface area contributed by atoms with Gasteiger partial charge in [-0.3, -0.25) is 4.79 Å². The van der Waals surface area contributed by atoms with Gasteiger partial charge in [0, 0.05) is 11.2 Å². The summed E-state index contributed by atoms with van der Waals surface area (Å²) < 4.78 is 13.5. The summed E-state index contributed by atoms with van der Waals surface area (Å²) in [4.78, 5) is 15.6. The molecule has 0 fully saturated rings. The van der Waals surface area contributed by atoms with Crippen LogP contribution >= 0.6 is 34.8 Å². The highest BCUT2D eigenvalue weighted by molar-refractivity contribution is 6.41. The van der Waals surface area contributed by atoms with Crippen LogP contribution in [0, 0.1) is 5.82 Å². The lowest BCUT2D eigenvalue weighted by Crippen LogP contribution is -2.13. The topological polar surface area (TPSA) is 42.0 Å². The Morgan fingerprint density at radius 2 is 1.95 bits per heavy atom. The summed E-state index contributed by atoms with van der Waals surface area (Å²) in [6, 6.07) is 5.28. The molecule has 0 saturated carbocycles. The van der Waals surface area contributed by atoms with E-state index in [2.05, 4.69) is 10.3 Å². The Morgan fingerprint density at radius 1 is 1.21 bits per heavy atom. The van der Waals surface area contributed by atoms with Crippen LogP contribution in [0.25, 0.3) is 0 Å². The number of halogens is 4. The molecule has 19 heavy (non-hydrogen) atoms. The fourth-order valence-electron chi connectivity index (χ4n) is 1.33. The Morgan fingerprint density at radius 3 is 2.58 bits per heavy atom. The summed E-state index contributed by atoms with van der Waals surface area (Å²) in [6.45, 7) is 0. The predicted octanol–water partition coefficient (Wildman–Crippen LogP) is 4.43. The molecule has 2 aromatic rings. The van der Waals surface area contributed by atoms with Crippen molar-refractivity contribution >= 4 is 46.4 Å². The number of hydrogen-bond acceptors (Lipinski definition) is 2. The minimum absolute atomic E-state index is 0.0143. The van der Waals surface area contributed by atoms with Gasteiger partial charge in [-0.25, -0.2) is 9.37 Å². The third kappa shape index (κ3) is 3.35. The van der Waals surface area contributed by atoms with Crippen LogP contribution in [0.5, 0.6) is 0 Å². The third-order valence-corrected chi connectivity index (χ3v) is 3.16. The van der Waals surface area contributed by atoms with Gasteiger partial charge in [0.15, 0.2) is 0 Å². The molecule has 0 aliphatic heterocycles. The van der Waals surface area contributed by atoms with E-state index < -0.39 is 11.7 Å². The Labute approximate surface area is 123 Å². The second-order valence-electron chi connectivity index (χ2n) is 3.57. The Bertz CT molecular complexity index is 649. The number of amides is 1. The number of pyridine rings is 1.